The molecule has 2 atom stereocenters. The zero-order valence-electron chi connectivity index (χ0n) is 12.5. The van der Waals surface area contributed by atoms with Crippen LogP contribution in [0.5, 0.6) is 5.75 Å². The molecule has 0 radical (unpaired) electrons. The van der Waals surface area contributed by atoms with Crippen LogP contribution in [0.2, 0.25) is 0 Å². The summed E-state index contributed by atoms with van der Waals surface area (Å²) < 4.78 is 38.4. The molecule has 1 fully saturated rings. The molecule has 0 aliphatic carbocycles. The molecule has 7 heteroatoms. The first-order valence-electron chi connectivity index (χ1n) is 6.93. The van der Waals surface area contributed by atoms with E-state index in [9.17, 15) is 8.42 Å². The highest BCUT2D eigenvalue weighted by Crippen LogP contribution is 2.26. The SMILES string of the molecule is CNCc1ccc(S(=O)(=O)NC2CCOC2C)c(OC)c1. The van der Waals surface area contributed by atoms with Crippen LogP contribution in [-0.4, -0.2) is 41.3 Å². The van der Waals surface area contributed by atoms with Gasteiger partial charge in [0.1, 0.15) is 10.6 Å². The molecule has 118 valence electrons. The van der Waals surface area contributed by atoms with Crippen LogP contribution >= 0.6 is 0 Å². The molecule has 1 aliphatic rings. The zero-order chi connectivity index (χ0) is 15.5. The van der Waals surface area contributed by atoms with Crippen LogP contribution in [0.1, 0.15) is 18.9 Å². The number of hydrogen-bond donors (Lipinski definition) is 2. The van der Waals surface area contributed by atoms with Crippen molar-refractivity contribution in [3.63, 3.8) is 0 Å². The summed E-state index contributed by atoms with van der Waals surface area (Å²) in [5.74, 6) is 0.349. The number of hydrogen-bond acceptors (Lipinski definition) is 5. The summed E-state index contributed by atoms with van der Waals surface area (Å²) in [6, 6.07) is 4.90. The first-order chi connectivity index (χ1) is 9.97. The molecule has 0 spiro atoms. The molecule has 21 heavy (non-hydrogen) atoms. The van der Waals surface area contributed by atoms with E-state index in [0.29, 0.717) is 25.3 Å². The quantitative estimate of drug-likeness (QED) is 0.815. The second kappa shape index (κ2) is 6.74. The zero-order valence-corrected chi connectivity index (χ0v) is 13.4. The van der Waals surface area contributed by atoms with E-state index < -0.39 is 10.0 Å². The van der Waals surface area contributed by atoms with Crippen LogP contribution in [-0.2, 0) is 21.3 Å². The van der Waals surface area contributed by atoms with Gasteiger partial charge < -0.3 is 14.8 Å². The molecule has 1 heterocycles. The number of ether oxygens (including phenoxy) is 2. The fourth-order valence-electron chi connectivity index (χ4n) is 2.40. The predicted octanol–water partition coefficient (Wildman–Crippen LogP) is 0.870. The van der Waals surface area contributed by atoms with E-state index in [-0.39, 0.29) is 17.0 Å². The average molecular weight is 314 g/mol. The van der Waals surface area contributed by atoms with Gasteiger partial charge in [-0.1, -0.05) is 6.07 Å². The second-order valence-corrected chi connectivity index (χ2v) is 6.79. The third kappa shape index (κ3) is 3.74. The number of benzene rings is 1. The van der Waals surface area contributed by atoms with Gasteiger partial charge in [0.25, 0.3) is 0 Å². The van der Waals surface area contributed by atoms with Gasteiger partial charge in [0.15, 0.2) is 0 Å². The molecule has 0 bridgehead atoms. The minimum atomic E-state index is -3.63. The van der Waals surface area contributed by atoms with Crippen LogP contribution in [0, 0.1) is 0 Å². The molecule has 0 amide bonds. The molecular weight excluding hydrogens is 292 g/mol. The summed E-state index contributed by atoms with van der Waals surface area (Å²) in [6.45, 7) is 3.09. The van der Waals surface area contributed by atoms with E-state index in [1.165, 1.54) is 7.11 Å². The molecule has 1 aliphatic heterocycles. The fourth-order valence-corrected chi connectivity index (χ4v) is 3.89. The Balaban J connectivity index is 2.26. The molecule has 1 saturated heterocycles. The summed E-state index contributed by atoms with van der Waals surface area (Å²) in [5, 5.41) is 3.02. The van der Waals surface area contributed by atoms with E-state index in [1.807, 2.05) is 14.0 Å². The maximum Gasteiger partial charge on any atom is 0.244 e. The maximum atomic E-state index is 12.5. The molecule has 0 saturated carbocycles. The van der Waals surface area contributed by atoms with Gasteiger partial charge in [-0.15, -0.1) is 0 Å². The Hall–Kier alpha value is -1.15. The van der Waals surface area contributed by atoms with Crippen LogP contribution in [0.15, 0.2) is 23.1 Å². The lowest BCUT2D eigenvalue weighted by Crippen LogP contribution is -2.39. The summed E-state index contributed by atoms with van der Waals surface area (Å²) in [6.07, 6.45) is 0.565. The highest BCUT2D eigenvalue weighted by Gasteiger charge is 2.30. The van der Waals surface area contributed by atoms with Gasteiger partial charge in [0.05, 0.1) is 19.3 Å². The lowest BCUT2D eigenvalue weighted by Gasteiger charge is -2.18. The van der Waals surface area contributed by atoms with Crippen molar-refractivity contribution in [1.29, 1.82) is 0 Å². The Morgan fingerprint density at radius 3 is 2.76 bits per heavy atom. The maximum absolute atomic E-state index is 12.5. The lowest BCUT2D eigenvalue weighted by molar-refractivity contribution is 0.117. The van der Waals surface area contributed by atoms with E-state index in [2.05, 4.69) is 10.0 Å². The largest absolute Gasteiger partial charge is 0.495 e. The van der Waals surface area contributed by atoms with Gasteiger partial charge in [-0.2, -0.15) is 0 Å². The van der Waals surface area contributed by atoms with Crippen molar-refractivity contribution in [2.45, 2.75) is 36.9 Å². The lowest BCUT2D eigenvalue weighted by atomic mass is 10.2. The Morgan fingerprint density at radius 1 is 1.43 bits per heavy atom. The standard InChI is InChI=1S/C14H22N2O4S/c1-10-12(6-7-20-10)16-21(17,18)14-5-4-11(9-15-2)8-13(14)19-3/h4-5,8,10,12,15-16H,6-7,9H2,1-3H3. The number of nitrogens with one attached hydrogen (secondary N) is 2. The second-order valence-electron chi connectivity index (χ2n) is 5.11. The molecule has 1 aromatic carbocycles. The van der Waals surface area contributed by atoms with Crippen molar-refractivity contribution in [3.05, 3.63) is 23.8 Å². The predicted molar refractivity (Wildman–Crippen MR) is 79.9 cm³/mol. The highest BCUT2D eigenvalue weighted by atomic mass is 32.2. The van der Waals surface area contributed by atoms with Crippen LogP contribution in [0.25, 0.3) is 0 Å². The molecule has 2 rings (SSSR count). The fraction of sp³-hybridized carbons (Fsp3) is 0.571. The van der Waals surface area contributed by atoms with Crippen molar-refractivity contribution in [3.8, 4) is 5.75 Å². The average Bonchev–Trinajstić information content (AvgIpc) is 2.83. The van der Waals surface area contributed by atoms with Crippen LogP contribution in [0.4, 0.5) is 0 Å². The van der Waals surface area contributed by atoms with Crippen LogP contribution < -0.4 is 14.8 Å². The van der Waals surface area contributed by atoms with Gasteiger partial charge in [0.2, 0.25) is 10.0 Å². The third-order valence-electron chi connectivity index (χ3n) is 3.58. The van der Waals surface area contributed by atoms with Gasteiger partial charge in [-0.05, 0) is 38.1 Å². The monoisotopic (exact) mass is 314 g/mol. The van der Waals surface area contributed by atoms with Crippen molar-refractivity contribution in [2.24, 2.45) is 0 Å². The Kier molecular flexibility index (Phi) is 5.21. The van der Waals surface area contributed by atoms with Gasteiger partial charge in [0, 0.05) is 13.2 Å². The minimum absolute atomic E-state index is 0.116. The van der Waals surface area contributed by atoms with Gasteiger partial charge in [-0.3, -0.25) is 0 Å². The third-order valence-corrected chi connectivity index (χ3v) is 5.11. The number of rotatable bonds is 6. The summed E-state index contributed by atoms with van der Waals surface area (Å²) in [4.78, 5) is 0.156. The van der Waals surface area contributed by atoms with Gasteiger partial charge >= 0.3 is 0 Å². The summed E-state index contributed by atoms with van der Waals surface area (Å²) >= 11 is 0. The topological polar surface area (TPSA) is 76.7 Å². The first kappa shape index (κ1) is 16.2. The summed E-state index contributed by atoms with van der Waals surface area (Å²) in [7, 11) is -0.322. The van der Waals surface area contributed by atoms with Crippen LogP contribution in [0.3, 0.4) is 0 Å². The van der Waals surface area contributed by atoms with E-state index in [4.69, 9.17) is 9.47 Å². The highest BCUT2D eigenvalue weighted by molar-refractivity contribution is 7.89. The summed E-state index contributed by atoms with van der Waals surface area (Å²) in [5.41, 5.74) is 0.964. The van der Waals surface area contributed by atoms with Crippen molar-refractivity contribution in [1.82, 2.24) is 10.0 Å². The smallest absolute Gasteiger partial charge is 0.244 e. The molecule has 2 N–H and O–H groups in total. The van der Waals surface area contributed by atoms with Crippen molar-refractivity contribution >= 4 is 10.0 Å². The number of methoxy groups -OCH3 is 1. The molecule has 0 aromatic heterocycles. The first-order valence-corrected chi connectivity index (χ1v) is 8.41. The molecule has 1 aromatic rings. The number of sulfonamides is 1. The molecular formula is C14H22N2O4S. The Labute approximate surface area is 125 Å². The van der Waals surface area contributed by atoms with E-state index in [0.717, 1.165) is 5.56 Å². The van der Waals surface area contributed by atoms with E-state index >= 15 is 0 Å². The molecule has 6 nitrogen and oxygen atoms in total. The van der Waals surface area contributed by atoms with E-state index in [1.54, 1.807) is 18.2 Å². The molecule has 2 unspecified atom stereocenters. The normalized spacial score (nSPS) is 22.4. The van der Waals surface area contributed by atoms with Crippen molar-refractivity contribution < 1.29 is 17.9 Å². The Morgan fingerprint density at radius 2 is 2.19 bits per heavy atom. The minimum Gasteiger partial charge on any atom is -0.495 e. The van der Waals surface area contributed by atoms with Crippen molar-refractivity contribution in [2.75, 3.05) is 20.8 Å². The Bertz CT molecular complexity index is 589. The van der Waals surface area contributed by atoms with Gasteiger partial charge in [-0.25, -0.2) is 13.1 Å².